The first-order valence-corrected chi connectivity index (χ1v) is 6.73. The predicted molar refractivity (Wildman–Crippen MR) is 76.4 cm³/mol. The molecular weight excluding hydrogens is 288 g/mol. The van der Waals surface area contributed by atoms with E-state index in [2.05, 4.69) is 22.5 Å². The molecule has 1 aromatic heterocycles. The van der Waals surface area contributed by atoms with Gasteiger partial charge in [-0.25, -0.2) is 13.8 Å². The Bertz CT molecular complexity index is 599. The summed E-state index contributed by atoms with van der Waals surface area (Å²) in [6.45, 7) is 1.82. The van der Waals surface area contributed by atoms with Crippen molar-refractivity contribution in [2.45, 2.75) is 13.0 Å². The van der Waals surface area contributed by atoms with Gasteiger partial charge < -0.3 is 11.1 Å². The SMILES string of the molecule is CC(Nc1ccc(C(N)=S)c(F)c1F)c1nccs1. The molecule has 3 nitrogen and oxygen atoms in total. The number of hydrogen-bond donors (Lipinski definition) is 2. The van der Waals surface area contributed by atoms with Crippen molar-refractivity contribution >= 4 is 34.2 Å². The number of rotatable bonds is 4. The second kappa shape index (κ2) is 5.58. The minimum Gasteiger partial charge on any atom is -0.389 e. The molecule has 1 unspecified atom stereocenters. The fourth-order valence-electron chi connectivity index (χ4n) is 1.59. The van der Waals surface area contributed by atoms with Crippen LogP contribution < -0.4 is 11.1 Å². The van der Waals surface area contributed by atoms with Crippen LogP contribution in [0.4, 0.5) is 14.5 Å². The van der Waals surface area contributed by atoms with Gasteiger partial charge in [0.1, 0.15) is 10.00 Å². The van der Waals surface area contributed by atoms with Gasteiger partial charge in [-0.2, -0.15) is 0 Å². The lowest BCUT2D eigenvalue weighted by Crippen LogP contribution is -2.14. The lowest BCUT2D eigenvalue weighted by molar-refractivity contribution is 0.508. The van der Waals surface area contributed by atoms with Crippen LogP contribution in [0, 0.1) is 11.6 Å². The summed E-state index contributed by atoms with van der Waals surface area (Å²) < 4.78 is 27.6. The van der Waals surface area contributed by atoms with Crippen LogP contribution in [-0.2, 0) is 0 Å². The molecule has 0 aliphatic carbocycles. The van der Waals surface area contributed by atoms with Crippen molar-refractivity contribution in [3.63, 3.8) is 0 Å². The number of anilines is 1. The molecule has 0 fully saturated rings. The van der Waals surface area contributed by atoms with Gasteiger partial charge in [-0.1, -0.05) is 12.2 Å². The summed E-state index contributed by atoms with van der Waals surface area (Å²) in [5.74, 6) is -2.03. The number of benzene rings is 1. The Balaban J connectivity index is 2.27. The van der Waals surface area contributed by atoms with Crippen LogP contribution >= 0.6 is 23.6 Å². The van der Waals surface area contributed by atoms with Crippen LogP contribution in [0.5, 0.6) is 0 Å². The molecule has 2 rings (SSSR count). The number of nitrogens with zero attached hydrogens (tertiary/aromatic N) is 1. The Morgan fingerprint density at radius 1 is 1.42 bits per heavy atom. The van der Waals surface area contributed by atoms with E-state index in [-0.39, 0.29) is 22.3 Å². The van der Waals surface area contributed by atoms with Crippen molar-refractivity contribution in [2.24, 2.45) is 5.73 Å². The van der Waals surface area contributed by atoms with Gasteiger partial charge in [0.05, 0.1) is 11.7 Å². The first-order chi connectivity index (χ1) is 9.00. The molecule has 1 atom stereocenters. The Morgan fingerprint density at radius 2 is 2.16 bits per heavy atom. The van der Waals surface area contributed by atoms with Crippen molar-refractivity contribution in [3.05, 3.63) is 45.9 Å². The van der Waals surface area contributed by atoms with Crippen LogP contribution in [0.1, 0.15) is 23.5 Å². The zero-order valence-electron chi connectivity index (χ0n) is 9.98. The van der Waals surface area contributed by atoms with Gasteiger partial charge in [-0.15, -0.1) is 11.3 Å². The minimum absolute atomic E-state index is 0.0557. The summed E-state index contributed by atoms with van der Waals surface area (Å²) in [5.41, 5.74) is 5.27. The highest BCUT2D eigenvalue weighted by atomic mass is 32.1. The van der Waals surface area contributed by atoms with E-state index in [0.29, 0.717) is 0 Å². The summed E-state index contributed by atoms with van der Waals surface area (Å²) in [7, 11) is 0. The second-order valence-electron chi connectivity index (χ2n) is 3.89. The van der Waals surface area contributed by atoms with Crippen molar-refractivity contribution in [1.82, 2.24) is 4.98 Å². The normalized spacial score (nSPS) is 12.2. The Hall–Kier alpha value is -1.60. The standard InChI is InChI=1S/C12H11F2N3S2/c1-6(12-16-4-5-19-12)17-8-3-2-7(11(15)18)9(13)10(8)14/h2-6,17H,1H3,(H2,15,18). The fraction of sp³-hybridized carbons (Fsp3) is 0.167. The van der Waals surface area contributed by atoms with E-state index in [9.17, 15) is 8.78 Å². The van der Waals surface area contributed by atoms with Gasteiger partial charge in [0.2, 0.25) is 0 Å². The molecule has 19 heavy (non-hydrogen) atoms. The molecule has 0 spiro atoms. The summed E-state index contributed by atoms with van der Waals surface area (Å²) >= 11 is 6.09. The average molecular weight is 299 g/mol. The van der Waals surface area contributed by atoms with Gasteiger partial charge in [-0.05, 0) is 19.1 Å². The zero-order valence-corrected chi connectivity index (χ0v) is 11.6. The maximum Gasteiger partial charge on any atom is 0.182 e. The number of nitrogens with two attached hydrogens (primary N) is 1. The van der Waals surface area contributed by atoms with Gasteiger partial charge >= 0.3 is 0 Å². The lowest BCUT2D eigenvalue weighted by Gasteiger charge is -2.14. The Labute approximate surface area is 118 Å². The van der Waals surface area contributed by atoms with E-state index in [1.54, 1.807) is 6.20 Å². The van der Waals surface area contributed by atoms with E-state index in [0.717, 1.165) is 5.01 Å². The fourth-order valence-corrected chi connectivity index (χ4v) is 2.40. The quantitative estimate of drug-likeness (QED) is 0.851. The molecule has 0 radical (unpaired) electrons. The van der Waals surface area contributed by atoms with Gasteiger partial charge in [0.15, 0.2) is 11.6 Å². The predicted octanol–water partition coefficient (Wildman–Crippen LogP) is 3.23. The zero-order chi connectivity index (χ0) is 14.0. The van der Waals surface area contributed by atoms with Crippen LogP contribution in [0.15, 0.2) is 23.7 Å². The molecule has 0 bridgehead atoms. The van der Waals surface area contributed by atoms with Gasteiger partial charge in [0.25, 0.3) is 0 Å². The monoisotopic (exact) mass is 299 g/mol. The summed E-state index contributed by atoms with van der Waals surface area (Å²) in [6, 6.07) is 2.55. The number of thiazole rings is 1. The lowest BCUT2D eigenvalue weighted by atomic mass is 10.1. The molecule has 7 heteroatoms. The Morgan fingerprint density at radius 3 is 2.74 bits per heavy atom. The number of thiocarbonyl (C=S) groups is 1. The summed E-state index contributed by atoms with van der Waals surface area (Å²) in [4.78, 5) is 3.94. The van der Waals surface area contributed by atoms with Crippen LogP contribution in [0.2, 0.25) is 0 Å². The molecule has 100 valence electrons. The molecule has 1 aromatic carbocycles. The molecule has 0 saturated carbocycles. The third-order valence-electron chi connectivity index (χ3n) is 2.54. The molecule has 2 aromatic rings. The number of hydrogen-bond acceptors (Lipinski definition) is 4. The first kappa shape index (κ1) is 13.8. The second-order valence-corrected chi connectivity index (χ2v) is 5.26. The maximum atomic E-state index is 13.9. The maximum absolute atomic E-state index is 13.9. The largest absolute Gasteiger partial charge is 0.389 e. The van der Waals surface area contributed by atoms with E-state index in [4.69, 9.17) is 5.73 Å². The van der Waals surface area contributed by atoms with Crippen LogP contribution in [0.3, 0.4) is 0 Å². The third-order valence-corrected chi connectivity index (χ3v) is 3.72. The average Bonchev–Trinajstić information content (AvgIpc) is 2.88. The molecule has 1 heterocycles. The molecule has 0 saturated heterocycles. The van der Waals surface area contributed by atoms with Crippen LogP contribution in [-0.4, -0.2) is 9.97 Å². The highest BCUT2D eigenvalue weighted by Gasteiger charge is 2.17. The topological polar surface area (TPSA) is 50.9 Å². The van der Waals surface area contributed by atoms with Crippen molar-refractivity contribution in [2.75, 3.05) is 5.32 Å². The van der Waals surface area contributed by atoms with Crippen LogP contribution in [0.25, 0.3) is 0 Å². The summed E-state index contributed by atoms with van der Waals surface area (Å²) in [5, 5.41) is 5.48. The van der Waals surface area contributed by atoms with Crippen molar-refractivity contribution in [1.29, 1.82) is 0 Å². The van der Waals surface area contributed by atoms with E-state index < -0.39 is 11.6 Å². The van der Waals surface area contributed by atoms with E-state index in [1.807, 2.05) is 12.3 Å². The smallest absolute Gasteiger partial charge is 0.182 e. The summed E-state index contributed by atoms with van der Waals surface area (Å²) in [6.07, 6.45) is 1.66. The molecule has 0 aliphatic heterocycles. The molecular formula is C12H11F2N3S2. The highest BCUT2D eigenvalue weighted by Crippen LogP contribution is 2.25. The number of aromatic nitrogens is 1. The number of halogens is 2. The molecule has 0 aliphatic rings. The highest BCUT2D eigenvalue weighted by molar-refractivity contribution is 7.80. The van der Waals surface area contributed by atoms with Gasteiger partial charge in [-0.3, -0.25) is 0 Å². The van der Waals surface area contributed by atoms with Crippen molar-refractivity contribution in [3.8, 4) is 0 Å². The number of nitrogens with one attached hydrogen (secondary N) is 1. The Kier molecular flexibility index (Phi) is 4.06. The first-order valence-electron chi connectivity index (χ1n) is 5.44. The van der Waals surface area contributed by atoms with E-state index >= 15 is 0 Å². The third kappa shape index (κ3) is 2.87. The minimum atomic E-state index is -1.04. The molecule has 0 amide bonds. The van der Waals surface area contributed by atoms with Crippen molar-refractivity contribution < 1.29 is 8.78 Å². The van der Waals surface area contributed by atoms with Gasteiger partial charge in [0, 0.05) is 17.1 Å². The molecule has 3 N–H and O–H groups in total. The van der Waals surface area contributed by atoms with E-state index in [1.165, 1.54) is 23.5 Å².